The molecule has 1 aromatic heterocycles. The van der Waals surface area contributed by atoms with E-state index < -0.39 is 5.97 Å². The molecule has 0 radical (unpaired) electrons. The van der Waals surface area contributed by atoms with Gasteiger partial charge in [-0.25, -0.2) is 9.78 Å². The minimum atomic E-state index is -0.971. The van der Waals surface area contributed by atoms with E-state index in [4.69, 9.17) is 15.6 Å². The molecule has 1 saturated carbocycles. The van der Waals surface area contributed by atoms with E-state index in [9.17, 15) is 4.79 Å². The third-order valence-electron chi connectivity index (χ3n) is 3.39. The van der Waals surface area contributed by atoms with Gasteiger partial charge < -0.3 is 15.6 Å². The average molecular weight is 250 g/mol. The average Bonchev–Trinajstić information content (AvgIpc) is 2.33. The summed E-state index contributed by atoms with van der Waals surface area (Å²) in [6.45, 7) is 2.10. The van der Waals surface area contributed by atoms with Crippen molar-refractivity contribution >= 4 is 5.97 Å². The molecular formula is C13H18N2O3. The zero-order valence-corrected chi connectivity index (χ0v) is 10.4. The fourth-order valence-corrected chi connectivity index (χ4v) is 2.35. The van der Waals surface area contributed by atoms with Crippen molar-refractivity contribution in [1.29, 1.82) is 0 Å². The molecule has 1 aliphatic rings. The van der Waals surface area contributed by atoms with E-state index in [2.05, 4.69) is 11.9 Å². The summed E-state index contributed by atoms with van der Waals surface area (Å²) >= 11 is 0. The highest BCUT2D eigenvalue weighted by atomic mass is 16.5. The van der Waals surface area contributed by atoms with Crippen LogP contribution in [0.25, 0.3) is 0 Å². The molecule has 0 bridgehead atoms. The normalized spacial score (nSPS) is 27.8. The molecule has 1 fully saturated rings. The summed E-state index contributed by atoms with van der Waals surface area (Å²) in [4.78, 5) is 14.9. The van der Waals surface area contributed by atoms with Crippen LogP contribution in [0.4, 0.5) is 0 Å². The van der Waals surface area contributed by atoms with E-state index in [0.717, 1.165) is 19.3 Å². The number of nitrogens with two attached hydrogens (primary N) is 1. The number of aromatic nitrogens is 1. The van der Waals surface area contributed by atoms with Gasteiger partial charge in [0.1, 0.15) is 6.10 Å². The van der Waals surface area contributed by atoms with Gasteiger partial charge in [0.2, 0.25) is 5.88 Å². The van der Waals surface area contributed by atoms with Crippen molar-refractivity contribution in [1.82, 2.24) is 4.98 Å². The van der Waals surface area contributed by atoms with Gasteiger partial charge in [-0.05, 0) is 31.2 Å². The van der Waals surface area contributed by atoms with Crippen molar-refractivity contribution < 1.29 is 14.6 Å². The number of carboxylic acid groups (broad SMARTS) is 1. The van der Waals surface area contributed by atoms with Crippen LogP contribution in [0.3, 0.4) is 0 Å². The number of rotatable bonds is 3. The molecule has 98 valence electrons. The van der Waals surface area contributed by atoms with Crippen LogP contribution >= 0.6 is 0 Å². The van der Waals surface area contributed by atoms with Crippen molar-refractivity contribution in [2.45, 2.75) is 38.3 Å². The molecule has 1 aromatic rings. The highest BCUT2D eigenvalue weighted by Crippen LogP contribution is 2.27. The van der Waals surface area contributed by atoms with Crippen LogP contribution in [0.1, 0.15) is 36.5 Å². The smallest absolute Gasteiger partial charge is 0.335 e. The van der Waals surface area contributed by atoms with Crippen LogP contribution < -0.4 is 10.5 Å². The van der Waals surface area contributed by atoms with E-state index in [0.29, 0.717) is 11.8 Å². The summed E-state index contributed by atoms with van der Waals surface area (Å²) in [7, 11) is 0. The summed E-state index contributed by atoms with van der Waals surface area (Å²) in [6.07, 6.45) is 4.29. The molecule has 2 rings (SSSR count). The molecule has 3 atom stereocenters. The minimum absolute atomic E-state index is 0.0707. The van der Waals surface area contributed by atoms with E-state index in [1.807, 2.05) is 0 Å². The van der Waals surface area contributed by atoms with Crippen molar-refractivity contribution in [3.63, 3.8) is 0 Å². The summed E-state index contributed by atoms with van der Waals surface area (Å²) in [5.74, 6) is -0.229. The molecular weight excluding hydrogens is 232 g/mol. The molecule has 5 heteroatoms. The van der Waals surface area contributed by atoms with Crippen molar-refractivity contribution in [2.75, 3.05) is 0 Å². The molecule has 0 amide bonds. The Kier molecular flexibility index (Phi) is 3.81. The first kappa shape index (κ1) is 12.8. The molecule has 0 aromatic carbocycles. The molecule has 0 saturated heterocycles. The molecule has 3 unspecified atom stereocenters. The standard InChI is InChI=1S/C13H18N2O3/c1-8-6-10(14)2-3-11(8)18-12-7-9(13(16)17)4-5-15-12/h4-5,7-8,10-11H,2-3,6,14H2,1H3,(H,16,17). The second-order valence-electron chi connectivity index (χ2n) is 4.89. The highest BCUT2D eigenvalue weighted by molar-refractivity contribution is 5.87. The molecule has 18 heavy (non-hydrogen) atoms. The second-order valence-corrected chi connectivity index (χ2v) is 4.89. The number of ether oxygens (including phenoxy) is 1. The Balaban J connectivity index is 2.05. The third-order valence-corrected chi connectivity index (χ3v) is 3.39. The largest absolute Gasteiger partial charge is 0.478 e. The Morgan fingerprint density at radius 3 is 3.00 bits per heavy atom. The first-order chi connectivity index (χ1) is 8.56. The number of hydrogen-bond acceptors (Lipinski definition) is 4. The van der Waals surface area contributed by atoms with Crippen molar-refractivity contribution in [3.8, 4) is 5.88 Å². The molecule has 1 aliphatic carbocycles. The fourth-order valence-electron chi connectivity index (χ4n) is 2.35. The van der Waals surface area contributed by atoms with Gasteiger partial charge in [-0.1, -0.05) is 6.92 Å². The zero-order chi connectivity index (χ0) is 13.1. The third kappa shape index (κ3) is 2.98. The van der Waals surface area contributed by atoms with E-state index >= 15 is 0 Å². The van der Waals surface area contributed by atoms with Crippen LogP contribution in [-0.4, -0.2) is 28.2 Å². The molecule has 3 N–H and O–H groups in total. The van der Waals surface area contributed by atoms with Crippen LogP contribution in [0.15, 0.2) is 18.3 Å². The maximum Gasteiger partial charge on any atom is 0.335 e. The van der Waals surface area contributed by atoms with Crippen molar-refractivity contribution in [2.24, 2.45) is 11.7 Å². The Morgan fingerprint density at radius 1 is 1.56 bits per heavy atom. The first-order valence-corrected chi connectivity index (χ1v) is 6.18. The molecule has 0 spiro atoms. The number of carbonyl (C=O) groups is 1. The number of nitrogens with zero attached hydrogens (tertiary/aromatic N) is 1. The lowest BCUT2D eigenvalue weighted by atomic mass is 9.85. The summed E-state index contributed by atoms with van der Waals surface area (Å²) < 4.78 is 5.78. The SMILES string of the molecule is CC1CC(N)CCC1Oc1cc(C(=O)O)ccn1. The Morgan fingerprint density at radius 2 is 2.33 bits per heavy atom. The van der Waals surface area contributed by atoms with Gasteiger partial charge in [0.15, 0.2) is 0 Å². The Hall–Kier alpha value is -1.62. The van der Waals surface area contributed by atoms with Crippen LogP contribution in [-0.2, 0) is 0 Å². The molecule has 5 nitrogen and oxygen atoms in total. The predicted molar refractivity (Wildman–Crippen MR) is 66.6 cm³/mol. The summed E-state index contributed by atoms with van der Waals surface area (Å²) in [5, 5.41) is 8.90. The van der Waals surface area contributed by atoms with Gasteiger partial charge in [-0.2, -0.15) is 0 Å². The lowest BCUT2D eigenvalue weighted by Gasteiger charge is -2.32. The maximum atomic E-state index is 10.9. The summed E-state index contributed by atoms with van der Waals surface area (Å²) in [5.41, 5.74) is 6.09. The maximum absolute atomic E-state index is 10.9. The lowest BCUT2D eigenvalue weighted by molar-refractivity contribution is 0.0692. The van der Waals surface area contributed by atoms with E-state index in [1.54, 1.807) is 0 Å². The number of aromatic carboxylic acids is 1. The fraction of sp³-hybridized carbons (Fsp3) is 0.538. The number of hydrogen-bond donors (Lipinski definition) is 2. The molecule has 0 aliphatic heterocycles. The van der Waals surface area contributed by atoms with E-state index in [-0.39, 0.29) is 17.7 Å². The Labute approximate surface area is 106 Å². The highest BCUT2D eigenvalue weighted by Gasteiger charge is 2.27. The predicted octanol–water partition coefficient (Wildman–Crippen LogP) is 1.67. The van der Waals surface area contributed by atoms with Gasteiger partial charge in [-0.3, -0.25) is 0 Å². The van der Waals surface area contributed by atoms with Crippen molar-refractivity contribution in [3.05, 3.63) is 23.9 Å². The number of carboxylic acids is 1. The first-order valence-electron chi connectivity index (χ1n) is 6.18. The number of pyridine rings is 1. The van der Waals surface area contributed by atoms with Gasteiger partial charge in [0, 0.05) is 18.3 Å². The topological polar surface area (TPSA) is 85.4 Å². The monoisotopic (exact) mass is 250 g/mol. The minimum Gasteiger partial charge on any atom is -0.478 e. The van der Waals surface area contributed by atoms with Gasteiger partial charge in [-0.15, -0.1) is 0 Å². The van der Waals surface area contributed by atoms with Crippen LogP contribution in [0.5, 0.6) is 5.88 Å². The van der Waals surface area contributed by atoms with Crippen LogP contribution in [0.2, 0.25) is 0 Å². The lowest BCUT2D eigenvalue weighted by Crippen LogP contribution is -2.38. The zero-order valence-electron chi connectivity index (χ0n) is 10.4. The Bertz CT molecular complexity index is 436. The second kappa shape index (κ2) is 5.35. The summed E-state index contributed by atoms with van der Waals surface area (Å²) in [6, 6.07) is 3.16. The van der Waals surface area contributed by atoms with Gasteiger partial charge in [0.05, 0.1) is 5.56 Å². The quantitative estimate of drug-likeness (QED) is 0.852. The van der Waals surface area contributed by atoms with E-state index in [1.165, 1.54) is 18.3 Å². The van der Waals surface area contributed by atoms with Gasteiger partial charge in [0.25, 0.3) is 0 Å². The van der Waals surface area contributed by atoms with Gasteiger partial charge >= 0.3 is 5.97 Å². The molecule has 1 heterocycles. The van der Waals surface area contributed by atoms with Crippen LogP contribution in [0, 0.1) is 5.92 Å².